The number of carbonyl (C=O) groups is 1. The second kappa shape index (κ2) is 5.44. The number of amides is 1. The van der Waals surface area contributed by atoms with Gasteiger partial charge in [-0.3, -0.25) is 0 Å². The largest absolute Gasteiger partial charge is 0.444 e. The van der Waals surface area contributed by atoms with Crippen molar-refractivity contribution in [2.24, 2.45) is 5.92 Å². The van der Waals surface area contributed by atoms with Crippen molar-refractivity contribution in [2.75, 3.05) is 25.4 Å². The smallest absolute Gasteiger partial charge is 0.407 e. The van der Waals surface area contributed by atoms with Crippen LogP contribution < -0.4 is 5.32 Å². The summed E-state index contributed by atoms with van der Waals surface area (Å²) in [6.45, 7) is 8.32. The molecule has 1 fully saturated rings. The molecule has 0 radical (unpaired) electrons. The summed E-state index contributed by atoms with van der Waals surface area (Å²) in [4.78, 5) is 11.4. The lowest BCUT2D eigenvalue weighted by Gasteiger charge is -2.20. The normalized spacial score (nSPS) is 23.9. The molecular weight excluding hydrogens is 256 g/mol. The minimum absolute atomic E-state index is 0.150. The van der Waals surface area contributed by atoms with Crippen LogP contribution in [0.3, 0.4) is 0 Å². The molecule has 1 heterocycles. The highest BCUT2D eigenvalue weighted by molar-refractivity contribution is 7.89. The van der Waals surface area contributed by atoms with E-state index < -0.39 is 21.7 Å². The average Bonchev–Trinajstić information content (AvgIpc) is 2.36. The summed E-state index contributed by atoms with van der Waals surface area (Å²) in [6.07, 6.45) is -0.521. The Bertz CT molecular complexity index is 400. The Hall–Kier alpha value is -0.820. The summed E-state index contributed by atoms with van der Waals surface area (Å²) >= 11 is 0. The summed E-state index contributed by atoms with van der Waals surface area (Å²) in [6, 6.07) is 0. The van der Waals surface area contributed by atoms with Crippen molar-refractivity contribution in [3.63, 3.8) is 0 Å². The molecule has 18 heavy (non-hydrogen) atoms. The van der Waals surface area contributed by atoms with Gasteiger partial charge in [-0.2, -0.15) is 4.31 Å². The zero-order valence-electron chi connectivity index (χ0n) is 11.4. The minimum atomic E-state index is -3.13. The Kier molecular flexibility index (Phi) is 4.61. The maximum absolute atomic E-state index is 11.7. The minimum Gasteiger partial charge on any atom is -0.444 e. The van der Waals surface area contributed by atoms with Crippen LogP contribution in [-0.2, 0) is 14.8 Å². The van der Waals surface area contributed by atoms with Gasteiger partial charge in [-0.05, 0) is 26.7 Å². The third-order valence-corrected chi connectivity index (χ3v) is 4.54. The number of nitrogens with one attached hydrogen (secondary N) is 1. The van der Waals surface area contributed by atoms with Gasteiger partial charge < -0.3 is 10.1 Å². The van der Waals surface area contributed by atoms with E-state index in [2.05, 4.69) is 5.32 Å². The van der Waals surface area contributed by atoms with Crippen molar-refractivity contribution in [3.8, 4) is 0 Å². The maximum Gasteiger partial charge on any atom is 0.407 e. The van der Waals surface area contributed by atoms with Crippen LogP contribution in [0.15, 0.2) is 0 Å². The molecule has 6 nitrogen and oxygen atoms in total. The van der Waals surface area contributed by atoms with Crippen LogP contribution in [0.25, 0.3) is 0 Å². The van der Waals surface area contributed by atoms with Crippen molar-refractivity contribution in [3.05, 3.63) is 0 Å². The number of alkyl carbamates (subject to hydrolysis) is 1. The van der Waals surface area contributed by atoms with Crippen LogP contribution >= 0.6 is 0 Å². The predicted molar refractivity (Wildman–Crippen MR) is 68.8 cm³/mol. The van der Waals surface area contributed by atoms with E-state index in [0.717, 1.165) is 0 Å². The van der Waals surface area contributed by atoms with Crippen molar-refractivity contribution >= 4 is 16.1 Å². The lowest BCUT2D eigenvalue weighted by Crippen LogP contribution is -2.38. The molecule has 0 aromatic heterocycles. The molecule has 0 aliphatic carbocycles. The molecular formula is C11H22N2O4S. The van der Waals surface area contributed by atoms with Gasteiger partial charge in [0.2, 0.25) is 10.0 Å². The number of hydrogen-bond acceptors (Lipinski definition) is 4. The van der Waals surface area contributed by atoms with Gasteiger partial charge in [0.15, 0.2) is 0 Å². The molecule has 1 amide bonds. The Morgan fingerprint density at radius 3 is 2.50 bits per heavy atom. The quantitative estimate of drug-likeness (QED) is 0.828. The fourth-order valence-corrected chi connectivity index (χ4v) is 3.69. The average molecular weight is 278 g/mol. The van der Waals surface area contributed by atoms with Gasteiger partial charge in [0.1, 0.15) is 5.60 Å². The van der Waals surface area contributed by atoms with E-state index in [1.807, 2.05) is 6.92 Å². The first-order chi connectivity index (χ1) is 8.10. The van der Waals surface area contributed by atoms with Gasteiger partial charge in [0.25, 0.3) is 0 Å². The third-order valence-electron chi connectivity index (χ3n) is 2.43. The Morgan fingerprint density at radius 1 is 1.44 bits per heavy atom. The summed E-state index contributed by atoms with van der Waals surface area (Å²) in [5.74, 6) is 0.343. The van der Waals surface area contributed by atoms with Crippen molar-refractivity contribution < 1.29 is 17.9 Å². The van der Waals surface area contributed by atoms with Crippen LogP contribution in [0.4, 0.5) is 4.79 Å². The highest BCUT2D eigenvalue weighted by atomic mass is 32.2. The lowest BCUT2D eigenvalue weighted by atomic mass is 10.2. The van der Waals surface area contributed by atoms with Crippen LogP contribution in [-0.4, -0.2) is 49.8 Å². The van der Waals surface area contributed by atoms with E-state index in [9.17, 15) is 13.2 Å². The molecule has 1 N–H and O–H groups in total. The van der Waals surface area contributed by atoms with E-state index >= 15 is 0 Å². The highest BCUT2D eigenvalue weighted by Crippen LogP contribution is 2.17. The van der Waals surface area contributed by atoms with Crippen molar-refractivity contribution in [1.29, 1.82) is 0 Å². The van der Waals surface area contributed by atoms with E-state index in [1.54, 1.807) is 20.8 Å². The fourth-order valence-electron chi connectivity index (χ4n) is 1.81. The van der Waals surface area contributed by atoms with Crippen molar-refractivity contribution in [1.82, 2.24) is 9.62 Å². The van der Waals surface area contributed by atoms with E-state index in [-0.39, 0.29) is 18.2 Å². The van der Waals surface area contributed by atoms with Gasteiger partial charge in [0.05, 0.1) is 5.75 Å². The van der Waals surface area contributed by atoms with E-state index in [1.165, 1.54) is 4.31 Å². The molecule has 1 atom stereocenters. The van der Waals surface area contributed by atoms with Gasteiger partial charge >= 0.3 is 6.09 Å². The molecule has 0 unspecified atom stereocenters. The molecule has 0 aromatic rings. The zero-order valence-corrected chi connectivity index (χ0v) is 12.2. The Labute approximate surface area is 109 Å². The molecule has 0 saturated carbocycles. The molecule has 1 aliphatic rings. The molecule has 7 heteroatoms. The Balaban J connectivity index is 2.33. The molecule has 1 rings (SSSR count). The number of sulfonamides is 1. The number of ether oxygens (including phenoxy) is 1. The second-order valence-electron chi connectivity index (χ2n) is 5.67. The summed E-state index contributed by atoms with van der Waals surface area (Å²) in [5.41, 5.74) is -0.543. The third kappa shape index (κ3) is 4.81. The standard InChI is InChI=1S/C11H22N2O4S/c1-9-7-13(18(15,16)8-9)6-5-12-10(14)17-11(2,3)4/h9H,5-8H2,1-4H3,(H,12,14)/t9-/m1/s1. The topological polar surface area (TPSA) is 75.7 Å². The predicted octanol–water partition coefficient (Wildman–Crippen LogP) is 0.793. The van der Waals surface area contributed by atoms with E-state index in [0.29, 0.717) is 13.1 Å². The highest BCUT2D eigenvalue weighted by Gasteiger charge is 2.33. The first kappa shape index (κ1) is 15.2. The summed E-state index contributed by atoms with van der Waals surface area (Å²) < 4.78 is 29.8. The number of nitrogens with zero attached hydrogens (tertiary/aromatic N) is 1. The molecule has 0 bridgehead atoms. The van der Waals surface area contributed by atoms with E-state index in [4.69, 9.17) is 4.74 Å². The molecule has 106 valence electrons. The first-order valence-electron chi connectivity index (χ1n) is 6.05. The molecule has 0 spiro atoms. The Morgan fingerprint density at radius 2 is 2.06 bits per heavy atom. The van der Waals surface area contributed by atoms with Gasteiger partial charge in [0, 0.05) is 19.6 Å². The van der Waals surface area contributed by atoms with Crippen LogP contribution in [0.5, 0.6) is 0 Å². The SMILES string of the molecule is C[C@@H]1CN(CCNC(=O)OC(C)(C)C)S(=O)(=O)C1. The monoisotopic (exact) mass is 278 g/mol. The lowest BCUT2D eigenvalue weighted by molar-refractivity contribution is 0.0525. The molecule has 0 aromatic carbocycles. The van der Waals surface area contributed by atoms with Gasteiger partial charge in [-0.15, -0.1) is 0 Å². The molecule has 1 saturated heterocycles. The zero-order chi connectivity index (χ0) is 14.0. The first-order valence-corrected chi connectivity index (χ1v) is 7.66. The summed E-state index contributed by atoms with van der Waals surface area (Å²) in [5, 5.41) is 2.55. The number of hydrogen-bond donors (Lipinski definition) is 1. The van der Waals surface area contributed by atoms with Crippen LogP contribution in [0.1, 0.15) is 27.7 Å². The second-order valence-corrected chi connectivity index (χ2v) is 7.68. The maximum atomic E-state index is 11.7. The summed E-state index contributed by atoms with van der Waals surface area (Å²) in [7, 11) is -3.13. The fraction of sp³-hybridized carbons (Fsp3) is 0.909. The number of carbonyl (C=O) groups excluding carboxylic acids is 1. The number of rotatable bonds is 3. The van der Waals surface area contributed by atoms with Gasteiger partial charge in [-0.1, -0.05) is 6.92 Å². The van der Waals surface area contributed by atoms with Crippen LogP contribution in [0.2, 0.25) is 0 Å². The molecule has 1 aliphatic heterocycles. The van der Waals surface area contributed by atoms with Crippen LogP contribution in [0, 0.1) is 5.92 Å². The van der Waals surface area contributed by atoms with Gasteiger partial charge in [-0.25, -0.2) is 13.2 Å². The van der Waals surface area contributed by atoms with Crippen molar-refractivity contribution in [2.45, 2.75) is 33.3 Å².